The minimum atomic E-state index is -0.910. The molecular weight excluding hydrogens is 1180 g/mol. The maximum atomic E-state index is 12.4. The minimum Gasteiger partial charge on any atom is -0.481 e. The Hall–Kier alpha value is -9.95. The van der Waals surface area contributed by atoms with E-state index in [1.54, 1.807) is 11.8 Å². The van der Waals surface area contributed by atoms with Gasteiger partial charge in [0.15, 0.2) is 34.2 Å². The van der Waals surface area contributed by atoms with Crippen molar-refractivity contribution in [3.63, 3.8) is 0 Å². The molecule has 4 aromatic rings. The van der Waals surface area contributed by atoms with Gasteiger partial charge in [0.1, 0.15) is 12.0 Å². The first kappa shape index (κ1) is 69.5. The molecule has 5 aliphatic rings. The number of benzene rings is 3. The zero-order chi connectivity index (χ0) is 66.9. The quantitative estimate of drug-likeness (QED) is 0.0239. The van der Waals surface area contributed by atoms with Gasteiger partial charge in [-0.3, -0.25) is 43.5 Å². The number of nitrogens with zero attached hydrogens (tertiary/aromatic N) is 11. The Morgan fingerprint density at radius 1 is 0.587 bits per heavy atom. The molecule has 92 heavy (non-hydrogen) atoms. The third kappa shape index (κ3) is 17.9. The first-order valence-electron chi connectivity index (χ1n) is 31.0. The van der Waals surface area contributed by atoms with Crippen molar-refractivity contribution in [1.82, 2.24) is 54.3 Å². The maximum Gasteiger partial charge on any atom is 0.349 e. The van der Waals surface area contributed by atoms with Gasteiger partial charge in [-0.1, -0.05) is 45.6 Å². The van der Waals surface area contributed by atoms with Crippen LogP contribution in [0.5, 0.6) is 0 Å². The number of ether oxygens (including phenoxy) is 2. The van der Waals surface area contributed by atoms with E-state index in [9.17, 15) is 43.2 Å². The zero-order valence-corrected chi connectivity index (χ0v) is 54.2. The Balaban J connectivity index is 0.000000196. The van der Waals surface area contributed by atoms with Gasteiger partial charge in [0.05, 0.1) is 46.7 Å². The molecule has 0 saturated carbocycles. The third-order valence-electron chi connectivity index (χ3n) is 15.4. The average Bonchev–Trinajstić information content (AvgIpc) is 0.775. The van der Waals surface area contributed by atoms with Crippen LogP contribution >= 0.6 is 0 Å². The number of esters is 2. The highest BCUT2D eigenvalue weighted by atomic mass is 16.5. The number of rotatable bonds is 26. The zero-order valence-electron chi connectivity index (χ0n) is 54.2. The van der Waals surface area contributed by atoms with Crippen LogP contribution in [0.1, 0.15) is 126 Å². The van der Waals surface area contributed by atoms with Crippen LogP contribution in [0.25, 0.3) is 51.7 Å². The van der Waals surface area contributed by atoms with Crippen LogP contribution in [0.4, 0.5) is 28.6 Å². The van der Waals surface area contributed by atoms with E-state index in [0.29, 0.717) is 79.6 Å². The highest BCUT2D eigenvalue weighted by Crippen LogP contribution is 2.37. The van der Waals surface area contributed by atoms with E-state index in [4.69, 9.17) is 14.6 Å². The van der Waals surface area contributed by atoms with Gasteiger partial charge in [-0.2, -0.15) is 9.97 Å². The first-order chi connectivity index (χ1) is 43.9. The van der Waals surface area contributed by atoms with E-state index in [-0.39, 0.29) is 65.4 Å². The fourth-order valence-electron chi connectivity index (χ4n) is 10.6. The highest BCUT2D eigenvalue weighted by Gasteiger charge is 2.27. The number of hydrogen-bond acceptors (Lipinski definition) is 20. The minimum absolute atomic E-state index is 0.0190. The van der Waals surface area contributed by atoms with Crippen LogP contribution in [0.15, 0.2) is 65.4 Å². The van der Waals surface area contributed by atoms with Crippen LogP contribution < -0.4 is 58.9 Å². The largest absolute Gasteiger partial charge is 0.481 e. The van der Waals surface area contributed by atoms with Gasteiger partial charge >= 0.3 is 29.3 Å². The Morgan fingerprint density at radius 2 is 1.10 bits per heavy atom. The van der Waals surface area contributed by atoms with Gasteiger partial charge in [-0.25, -0.2) is 29.5 Å². The molecule has 3 aromatic carbocycles. The number of aryl methyl sites for hydroxylation is 6. The van der Waals surface area contributed by atoms with Crippen LogP contribution in [-0.2, 0) is 41.7 Å². The van der Waals surface area contributed by atoms with E-state index in [1.807, 2.05) is 111 Å². The number of nitrogens with one attached hydrogen (secondary N) is 4. The molecule has 5 aliphatic heterocycles. The summed E-state index contributed by atoms with van der Waals surface area (Å²) in [6, 6.07) is 11.7. The van der Waals surface area contributed by atoms with Gasteiger partial charge in [-0.05, 0) is 132 Å². The lowest BCUT2D eigenvalue weighted by Gasteiger charge is -2.28. The number of carbonyl (C=O) groups excluding carboxylic acids is 3. The smallest absolute Gasteiger partial charge is 0.349 e. The van der Waals surface area contributed by atoms with E-state index in [1.165, 1.54) is 0 Å². The monoisotopic (exact) mass is 1270 g/mol. The second kappa shape index (κ2) is 32.2. The van der Waals surface area contributed by atoms with Crippen molar-refractivity contribution in [2.45, 2.75) is 145 Å². The SMILES string of the molecule is C=c1nc2c(c(=O)[nH]1)=Nc1cc(C)c(C)cc1N2CC(=O)NCCCC(=O)O.CCCCOC(=O)CCCCCCn1c2nc(=O)[nH]c(=O)c-2nc2cc(C)c(N(C)C)cc21.CCOC(=O)CCCCCCn1c2nc(=O)[nH]c(=O)c-2nc2cc(C)c(N(C)C)cc21. The van der Waals surface area contributed by atoms with Crippen molar-refractivity contribution in [3.8, 4) is 23.0 Å². The predicted octanol–water partition coefficient (Wildman–Crippen LogP) is 5.91. The van der Waals surface area contributed by atoms with Crippen LogP contribution in [-0.4, -0.2) is 132 Å². The predicted molar refractivity (Wildman–Crippen MR) is 353 cm³/mol. The Labute approximate surface area is 530 Å². The number of carboxylic acid groups (broad SMARTS) is 1. The molecule has 27 nitrogen and oxygen atoms in total. The fraction of sp³-hybridized carbons (Fsp3) is 0.462. The van der Waals surface area contributed by atoms with Crippen molar-refractivity contribution in [3.05, 3.63) is 122 Å². The molecule has 490 valence electrons. The van der Waals surface area contributed by atoms with E-state index >= 15 is 0 Å². The standard InChI is InChI=1S/C24H33N5O4.C22H29N5O4.C19H21N5O4/c1-5-6-13-33-20(30)11-9-7-8-10-12-29-19-15-18(28(3)4)16(2)14-17(19)25-21-22(29)26-24(32)27-23(21)31;1-5-31-18(28)10-8-6-7-9-11-27-17-13-16(26(3)4)14(2)12-15(17)23-19-20(27)24-22(30)25-21(19)29;1-10-7-13-14(8-11(10)2)24(9-15(25)20-6-4-5-16(26)27)18-17(23-13)19(28)22-12(3)21-18/h14-15H,5-13H2,1-4H3,(H,27,31,32);12-13H,5-11H2,1-4H3,(H,25,29,30);7-8H,3-6,9H2,1-2H3,(H,20,25)(H,22,28)(H,26,27). The summed E-state index contributed by atoms with van der Waals surface area (Å²) in [5, 5.41) is 11.5. The van der Waals surface area contributed by atoms with Crippen LogP contribution in [0.3, 0.4) is 0 Å². The van der Waals surface area contributed by atoms with Crippen molar-refractivity contribution in [2.24, 2.45) is 4.99 Å². The molecule has 0 atom stereocenters. The maximum absolute atomic E-state index is 12.4. The van der Waals surface area contributed by atoms with Crippen molar-refractivity contribution < 1.29 is 33.8 Å². The summed E-state index contributed by atoms with van der Waals surface area (Å²) >= 11 is 0. The fourth-order valence-corrected chi connectivity index (χ4v) is 10.6. The molecule has 27 heteroatoms. The van der Waals surface area contributed by atoms with E-state index in [2.05, 4.69) is 63.7 Å². The summed E-state index contributed by atoms with van der Waals surface area (Å²) < 4.78 is 14.0. The Morgan fingerprint density at radius 3 is 1.60 bits per heavy atom. The van der Waals surface area contributed by atoms with Gasteiger partial charge < -0.3 is 48.7 Å². The van der Waals surface area contributed by atoms with E-state index < -0.39 is 34.0 Å². The number of carboxylic acids is 1. The topological polar surface area (TPSA) is 348 Å². The molecule has 0 fully saturated rings. The van der Waals surface area contributed by atoms with Crippen molar-refractivity contribution in [2.75, 3.05) is 69.2 Å². The van der Waals surface area contributed by atoms with E-state index in [0.717, 1.165) is 109 Å². The molecule has 1 aromatic heterocycles. The summed E-state index contributed by atoms with van der Waals surface area (Å²) in [6.07, 6.45) is 9.85. The molecule has 0 unspecified atom stereocenters. The number of aromatic amines is 3. The van der Waals surface area contributed by atoms with Crippen molar-refractivity contribution >= 4 is 81.0 Å². The summed E-state index contributed by atoms with van der Waals surface area (Å²) in [5.74, 6) is -0.666. The molecule has 5 N–H and O–H groups in total. The molecule has 1 amide bonds. The number of fused-ring (bicyclic) bond motifs is 6. The summed E-state index contributed by atoms with van der Waals surface area (Å²) in [6.45, 7) is 17.7. The molecule has 0 bridgehead atoms. The molecule has 6 heterocycles. The Bertz CT molecular complexity index is 4360. The van der Waals surface area contributed by atoms with Crippen LogP contribution in [0, 0.1) is 27.7 Å². The average molecular weight is 1270 g/mol. The van der Waals surface area contributed by atoms with Gasteiger partial charge in [0.25, 0.3) is 16.7 Å². The summed E-state index contributed by atoms with van der Waals surface area (Å²) in [4.78, 5) is 146. The first-order valence-corrected chi connectivity index (χ1v) is 31.0. The Kier molecular flexibility index (Phi) is 24.3. The number of hydrogen-bond donors (Lipinski definition) is 5. The summed E-state index contributed by atoms with van der Waals surface area (Å²) in [5.41, 5.74) is 8.12. The lowest BCUT2D eigenvalue weighted by atomic mass is 10.1. The second-order valence-corrected chi connectivity index (χ2v) is 23.0. The molecule has 9 rings (SSSR count). The molecule has 0 radical (unpaired) electrons. The van der Waals surface area contributed by atoms with Crippen LogP contribution in [0.2, 0.25) is 0 Å². The molecular formula is C65H83N15O12. The third-order valence-corrected chi connectivity index (χ3v) is 15.4. The summed E-state index contributed by atoms with van der Waals surface area (Å²) in [7, 11) is 7.88. The van der Waals surface area contributed by atoms with Gasteiger partial charge in [0.2, 0.25) is 5.91 Å². The number of anilines is 4. The normalized spacial score (nSPS) is 11.5. The molecule has 0 saturated heterocycles. The lowest BCUT2D eigenvalue weighted by molar-refractivity contribution is -0.144. The second-order valence-electron chi connectivity index (χ2n) is 23.0. The number of amides is 1. The lowest BCUT2D eigenvalue weighted by Crippen LogP contribution is -2.45. The van der Waals surface area contributed by atoms with Gasteiger partial charge in [0, 0.05) is 78.5 Å². The number of carbonyl (C=O) groups is 4. The highest BCUT2D eigenvalue weighted by molar-refractivity contribution is 5.88. The number of aliphatic carboxylic acids is 1. The van der Waals surface area contributed by atoms with Gasteiger partial charge in [-0.15, -0.1) is 0 Å². The van der Waals surface area contributed by atoms with Crippen molar-refractivity contribution in [1.29, 1.82) is 0 Å². The number of unbranched alkanes of at least 4 members (excludes halogenated alkanes) is 7. The number of H-pyrrole nitrogens is 3. The molecule has 0 spiro atoms. The number of aromatic nitrogens is 10. The molecule has 0 aliphatic carbocycles.